The molecule has 34 heavy (non-hydrogen) atoms. The molecule has 0 aliphatic rings. The van der Waals surface area contributed by atoms with E-state index in [9.17, 15) is 9.59 Å². The number of ether oxygens (including phenoxy) is 1. The fourth-order valence-corrected chi connectivity index (χ4v) is 4.13. The first kappa shape index (κ1) is 23.2. The minimum atomic E-state index is -0.741. The van der Waals surface area contributed by atoms with Crippen LogP contribution in [0.1, 0.15) is 43.3 Å². The zero-order valence-electron chi connectivity index (χ0n) is 19.9. The molecule has 8 nitrogen and oxygen atoms in total. The predicted molar refractivity (Wildman–Crippen MR) is 131 cm³/mol. The van der Waals surface area contributed by atoms with Crippen molar-refractivity contribution >= 4 is 16.8 Å². The number of rotatable bonds is 8. The second kappa shape index (κ2) is 9.91. The lowest BCUT2D eigenvalue weighted by molar-refractivity contribution is -0.125. The van der Waals surface area contributed by atoms with Gasteiger partial charge in [0.05, 0.1) is 29.1 Å². The maximum absolute atomic E-state index is 13.5. The lowest BCUT2D eigenvalue weighted by atomic mass is 10.1. The molecule has 0 fully saturated rings. The summed E-state index contributed by atoms with van der Waals surface area (Å²) in [4.78, 5) is 26.7. The Labute approximate surface area is 198 Å². The molecule has 0 saturated heterocycles. The number of hydrogen-bond donors (Lipinski definition) is 1. The number of benzene rings is 2. The van der Waals surface area contributed by atoms with Crippen LogP contribution in [0.5, 0.6) is 5.75 Å². The van der Waals surface area contributed by atoms with Gasteiger partial charge < -0.3 is 10.1 Å². The maximum Gasteiger partial charge on any atom is 0.278 e. The van der Waals surface area contributed by atoms with E-state index in [1.165, 1.54) is 4.68 Å². The Bertz CT molecular complexity index is 1370. The zero-order chi connectivity index (χ0) is 24.2. The van der Waals surface area contributed by atoms with Gasteiger partial charge in [0.15, 0.2) is 0 Å². The monoisotopic (exact) mass is 459 g/mol. The topological polar surface area (TPSA) is 91.0 Å². The summed E-state index contributed by atoms with van der Waals surface area (Å²) in [6, 6.07) is 16.5. The first-order valence-electron chi connectivity index (χ1n) is 11.5. The third kappa shape index (κ3) is 4.31. The van der Waals surface area contributed by atoms with E-state index in [1.54, 1.807) is 4.68 Å². The number of aromatic nitrogens is 4. The van der Waals surface area contributed by atoms with Crippen LogP contribution in [0.2, 0.25) is 0 Å². The molecule has 0 radical (unpaired) electrons. The van der Waals surface area contributed by atoms with Crippen LogP contribution in [-0.2, 0) is 11.3 Å². The van der Waals surface area contributed by atoms with Crippen LogP contribution in [0, 0.1) is 13.8 Å². The lowest BCUT2D eigenvalue weighted by Crippen LogP contribution is -2.38. The van der Waals surface area contributed by atoms with Gasteiger partial charge in [0.25, 0.3) is 5.56 Å². The highest BCUT2D eigenvalue weighted by molar-refractivity contribution is 5.84. The van der Waals surface area contributed by atoms with Crippen molar-refractivity contribution in [1.82, 2.24) is 24.9 Å². The standard InChI is InChI=1S/C26H29N5O3/c1-5-21(25(32)27-16-19-12-10-11-15-22(19)34-6-2)31-26(33)23-18(4)30(20-13-8-7-9-14-20)29-24(23)17(3)28-31/h7-15,21H,5-6,16H2,1-4H3,(H,27,32)/t21-/m1/s1. The van der Waals surface area contributed by atoms with Crippen molar-refractivity contribution in [3.05, 3.63) is 81.9 Å². The zero-order valence-corrected chi connectivity index (χ0v) is 19.9. The molecule has 4 rings (SSSR count). The Morgan fingerprint density at radius 3 is 2.44 bits per heavy atom. The third-order valence-electron chi connectivity index (χ3n) is 5.85. The van der Waals surface area contributed by atoms with Crippen molar-refractivity contribution in [3.8, 4) is 11.4 Å². The third-order valence-corrected chi connectivity index (χ3v) is 5.85. The van der Waals surface area contributed by atoms with E-state index >= 15 is 0 Å². The molecule has 1 amide bonds. The number of amides is 1. The average Bonchev–Trinajstić information content (AvgIpc) is 3.21. The second-order valence-corrected chi connectivity index (χ2v) is 8.07. The highest BCUT2D eigenvalue weighted by atomic mass is 16.5. The number of para-hydroxylation sites is 2. The van der Waals surface area contributed by atoms with E-state index in [0.717, 1.165) is 17.0 Å². The summed E-state index contributed by atoms with van der Waals surface area (Å²) in [7, 11) is 0. The Morgan fingerprint density at radius 1 is 1.03 bits per heavy atom. The molecule has 0 bridgehead atoms. The summed E-state index contributed by atoms with van der Waals surface area (Å²) in [5.41, 5.74) is 3.27. The van der Waals surface area contributed by atoms with Gasteiger partial charge in [-0.1, -0.05) is 43.3 Å². The van der Waals surface area contributed by atoms with Crippen LogP contribution in [0.3, 0.4) is 0 Å². The van der Waals surface area contributed by atoms with Crippen LogP contribution in [-0.4, -0.2) is 32.1 Å². The highest BCUT2D eigenvalue weighted by Gasteiger charge is 2.25. The molecule has 4 aromatic rings. The lowest BCUT2D eigenvalue weighted by Gasteiger charge is -2.18. The molecule has 176 valence electrons. The van der Waals surface area contributed by atoms with Crippen molar-refractivity contribution in [2.45, 2.75) is 46.7 Å². The molecule has 8 heteroatoms. The number of hydrogen-bond acceptors (Lipinski definition) is 5. The normalized spacial score (nSPS) is 12.0. The van der Waals surface area contributed by atoms with E-state index in [1.807, 2.05) is 82.3 Å². The minimum Gasteiger partial charge on any atom is -0.494 e. The molecule has 0 spiro atoms. The molecule has 0 aliphatic carbocycles. The molecule has 0 unspecified atom stereocenters. The van der Waals surface area contributed by atoms with E-state index in [2.05, 4.69) is 15.5 Å². The molecule has 2 heterocycles. The van der Waals surface area contributed by atoms with Crippen LogP contribution >= 0.6 is 0 Å². The second-order valence-electron chi connectivity index (χ2n) is 8.07. The summed E-state index contributed by atoms with van der Waals surface area (Å²) >= 11 is 0. The summed E-state index contributed by atoms with van der Waals surface area (Å²) in [5, 5.41) is 12.6. The summed E-state index contributed by atoms with van der Waals surface area (Å²) < 4.78 is 8.69. The summed E-state index contributed by atoms with van der Waals surface area (Å²) in [5.74, 6) is 0.463. The van der Waals surface area contributed by atoms with Crippen LogP contribution < -0.4 is 15.6 Å². The van der Waals surface area contributed by atoms with E-state index in [4.69, 9.17) is 4.74 Å². The molecule has 1 atom stereocenters. The van der Waals surface area contributed by atoms with E-state index in [0.29, 0.717) is 41.9 Å². The number of nitrogens with one attached hydrogen (secondary N) is 1. The van der Waals surface area contributed by atoms with Gasteiger partial charge >= 0.3 is 0 Å². The van der Waals surface area contributed by atoms with Crippen molar-refractivity contribution in [3.63, 3.8) is 0 Å². The van der Waals surface area contributed by atoms with Gasteiger partial charge in [0.2, 0.25) is 5.91 Å². The van der Waals surface area contributed by atoms with Gasteiger partial charge in [-0.15, -0.1) is 0 Å². The smallest absolute Gasteiger partial charge is 0.278 e. The van der Waals surface area contributed by atoms with Crippen LogP contribution in [0.4, 0.5) is 0 Å². The molecule has 2 aromatic carbocycles. The number of aryl methyl sites for hydroxylation is 2. The summed E-state index contributed by atoms with van der Waals surface area (Å²) in [6.07, 6.45) is 0.419. The predicted octanol–water partition coefficient (Wildman–Crippen LogP) is 3.87. The van der Waals surface area contributed by atoms with Gasteiger partial charge in [-0.25, -0.2) is 9.36 Å². The van der Waals surface area contributed by atoms with Crippen LogP contribution in [0.15, 0.2) is 59.4 Å². The quantitative estimate of drug-likeness (QED) is 0.432. The fourth-order valence-electron chi connectivity index (χ4n) is 4.13. The first-order valence-corrected chi connectivity index (χ1v) is 11.5. The van der Waals surface area contributed by atoms with Gasteiger partial charge in [-0.2, -0.15) is 10.2 Å². The van der Waals surface area contributed by atoms with E-state index in [-0.39, 0.29) is 11.5 Å². The van der Waals surface area contributed by atoms with Gasteiger partial charge in [0, 0.05) is 12.1 Å². The highest BCUT2D eigenvalue weighted by Crippen LogP contribution is 2.22. The molecular weight excluding hydrogens is 430 g/mol. The number of carbonyl (C=O) groups excluding carboxylic acids is 1. The Kier molecular flexibility index (Phi) is 6.77. The molecule has 1 N–H and O–H groups in total. The van der Waals surface area contributed by atoms with Crippen molar-refractivity contribution in [1.29, 1.82) is 0 Å². The molecule has 2 aromatic heterocycles. The number of carbonyl (C=O) groups is 1. The van der Waals surface area contributed by atoms with Gasteiger partial charge in [0.1, 0.15) is 17.3 Å². The molecular formula is C26H29N5O3. The SMILES string of the molecule is CCOc1ccccc1CNC(=O)[C@@H](CC)n1nc(C)c2nn(-c3ccccc3)c(C)c2c1=O. The Balaban J connectivity index is 1.68. The molecule has 0 aliphatic heterocycles. The average molecular weight is 460 g/mol. The minimum absolute atomic E-state index is 0.268. The largest absolute Gasteiger partial charge is 0.494 e. The number of nitrogens with zero attached hydrogens (tertiary/aromatic N) is 4. The van der Waals surface area contributed by atoms with Crippen LogP contribution in [0.25, 0.3) is 16.6 Å². The van der Waals surface area contributed by atoms with Gasteiger partial charge in [-0.3, -0.25) is 9.59 Å². The Morgan fingerprint density at radius 2 is 1.74 bits per heavy atom. The van der Waals surface area contributed by atoms with Crippen molar-refractivity contribution in [2.24, 2.45) is 0 Å². The Hall–Kier alpha value is -3.94. The summed E-state index contributed by atoms with van der Waals surface area (Å²) in [6.45, 7) is 8.29. The van der Waals surface area contributed by atoms with Gasteiger partial charge in [-0.05, 0) is 45.4 Å². The van der Waals surface area contributed by atoms with Crippen molar-refractivity contribution in [2.75, 3.05) is 6.61 Å². The van der Waals surface area contributed by atoms with E-state index < -0.39 is 6.04 Å². The maximum atomic E-state index is 13.5. The first-order chi connectivity index (χ1) is 16.5. The fraction of sp³-hybridized carbons (Fsp3) is 0.308. The molecule has 0 saturated carbocycles. The number of fused-ring (bicyclic) bond motifs is 1. The van der Waals surface area contributed by atoms with Crippen molar-refractivity contribution < 1.29 is 9.53 Å².